The fourth-order valence-electron chi connectivity index (χ4n) is 3.56. The molecule has 0 N–H and O–H groups in total. The van der Waals surface area contributed by atoms with Crippen molar-refractivity contribution >= 4 is 17.2 Å². The number of imidazole rings is 1. The third-order valence-electron chi connectivity index (χ3n) is 5.10. The number of carbonyl (C=O) groups excluding carboxylic acids is 1. The zero-order valence-electron chi connectivity index (χ0n) is 14.8. The summed E-state index contributed by atoms with van der Waals surface area (Å²) in [6.07, 6.45) is 8.30. The van der Waals surface area contributed by atoms with E-state index in [9.17, 15) is 4.79 Å². The minimum Gasteiger partial charge on any atom is -0.364 e. The molecule has 1 fully saturated rings. The lowest BCUT2D eigenvalue weighted by Crippen LogP contribution is -2.38. The standard InChI is InChI=1S/C19H22N4O2S/c1-14-17(12-25-21-14)19(24)23-8-3-16(4-9-23)18-20-6-10-22(18)7-2-15-5-11-26-13-15/h5-6,10-13,16H,2-4,7-9H2,1H3. The number of carbonyl (C=O) groups is 1. The summed E-state index contributed by atoms with van der Waals surface area (Å²) in [7, 11) is 0. The Kier molecular flexibility index (Phi) is 4.88. The van der Waals surface area contributed by atoms with Crippen LogP contribution in [0.2, 0.25) is 0 Å². The molecule has 0 saturated carbocycles. The van der Waals surface area contributed by atoms with Gasteiger partial charge in [-0.1, -0.05) is 5.16 Å². The van der Waals surface area contributed by atoms with Crippen molar-refractivity contribution in [2.24, 2.45) is 0 Å². The van der Waals surface area contributed by atoms with Crippen molar-refractivity contribution in [3.8, 4) is 0 Å². The van der Waals surface area contributed by atoms with Gasteiger partial charge in [-0.3, -0.25) is 4.79 Å². The number of aryl methyl sites for hydroxylation is 3. The van der Waals surface area contributed by atoms with Crippen LogP contribution in [-0.2, 0) is 13.0 Å². The summed E-state index contributed by atoms with van der Waals surface area (Å²) < 4.78 is 7.17. The van der Waals surface area contributed by atoms with Crippen molar-refractivity contribution in [1.29, 1.82) is 0 Å². The molecule has 0 unspecified atom stereocenters. The fraction of sp³-hybridized carbons (Fsp3) is 0.421. The molecule has 0 aromatic carbocycles. The SMILES string of the molecule is Cc1nocc1C(=O)N1CCC(c2nccn2CCc2ccsc2)CC1. The molecule has 1 amide bonds. The second-order valence-electron chi connectivity index (χ2n) is 6.74. The van der Waals surface area contributed by atoms with Crippen molar-refractivity contribution in [2.45, 2.75) is 38.6 Å². The largest absolute Gasteiger partial charge is 0.364 e. The van der Waals surface area contributed by atoms with Crippen molar-refractivity contribution in [3.05, 3.63) is 58.1 Å². The highest BCUT2D eigenvalue weighted by molar-refractivity contribution is 7.07. The zero-order chi connectivity index (χ0) is 17.9. The van der Waals surface area contributed by atoms with Crippen molar-refractivity contribution in [3.63, 3.8) is 0 Å². The summed E-state index contributed by atoms with van der Waals surface area (Å²) in [4.78, 5) is 19.1. The number of amides is 1. The number of aromatic nitrogens is 3. The first-order chi connectivity index (χ1) is 12.7. The Morgan fingerprint density at radius 3 is 2.92 bits per heavy atom. The number of hydrogen-bond acceptors (Lipinski definition) is 5. The summed E-state index contributed by atoms with van der Waals surface area (Å²) in [5, 5.41) is 8.13. The Morgan fingerprint density at radius 1 is 1.38 bits per heavy atom. The minimum absolute atomic E-state index is 0.0167. The van der Waals surface area contributed by atoms with E-state index in [1.165, 1.54) is 11.8 Å². The molecule has 0 radical (unpaired) electrons. The van der Waals surface area contributed by atoms with E-state index >= 15 is 0 Å². The molecule has 4 rings (SSSR count). The van der Waals surface area contributed by atoms with Crippen molar-refractivity contribution in [1.82, 2.24) is 19.6 Å². The van der Waals surface area contributed by atoms with Crippen LogP contribution < -0.4 is 0 Å². The lowest BCUT2D eigenvalue weighted by atomic mass is 9.95. The van der Waals surface area contributed by atoms with Gasteiger partial charge in [0.1, 0.15) is 17.7 Å². The second-order valence-corrected chi connectivity index (χ2v) is 7.52. The van der Waals surface area contributed by atoms with E-state index in [-0.39, 0.29) is 5.91 Å². The van der Waals surface area contributed by atoms with Crippen LogP contribution in [0.3, 0.4) is 0 Å². The number of hydrogen-bond donors (Lipinski definition) is 0. The van der Waals surface area contributed by atoms with Gasteiger partial charge in [-0.15, -0.1) is 0 Å². The summed E-state index contributed by atoms with van der Waals surface area (Å²) in [6, 6.07) is 2.18. The van der Waals surface area contributed by atoms with E-state index in [4.69, 9.17) is 4.52 Å². The average Bonchev–Trinajstić information content (AvgIpc) is 3.41. The van der Waals surface area contributed by atoms with E-state index in [2.05, 4.69) is 37.7 Å². The minimum atomic E-state index is 0.0167. The first-order valence-electron chi connectivity index (χ1n) is 8.94. The lowest BCUT2D eigenvalue weighted by Gasteiger charge is -2.31. The van der Waals surface area contributed by atoms with E-state index < -0.39 is 0 Å². The lowest BCUT2D eigenvalue weighted by molar-refractivity contribution is 0.0709. The van der Waals surface area contributed by atoms with E-state index in [0.717, 1.165) is 44.7 Å². The quantitative estimate of drug-likeness (QED) is 0.689. The number of likely N-dealkylation sites (tertiary alicyclic amines) is 1. The Morgan fingerprint density at radius 2 is 2.23 bits per heavy atom. The Hall–Kier alpha value is -2.41. The third-order valence-corrected chi connectivity index (χ3v) is 5.83. The van der Waals surface area contributed by atoms with Gasteiger partial charge in [0.05, 0.1) is 5.69 Å². The van der Waals surface area contributed by atoms with Crippen molar-refractivity contribution in [2.75, 3.05) is 13.1 Å². The van der Waals surface area contributed by atoms with Gasteiger partial charge in [0.25, 0.3) is 5.91 Å². The molecule has 1 saturated heterocycles. The number of nitrogens with zero attached hydrogens (tertiary/aromatic N) is 4. The molecular weight excluding hydrogens is 348 g/mol. The van der Waals surface area contributed by atoms with E-state index in [1.807, 2.05) is 11.1 Å². The van der Waals surface area contributed by atoms with Gasteiger partial charge in [-0.25, -0.2) is 4.98 Å². The van der Waals surface area contributed by atoms with E-state index in [1.54, 1.807) is 18.3 Å². The summed E-state index contributed by atoms with van der Waals surface area (Å²) in [5.41, 5.74) is 2.60. The Bertz CT molecular complexity index is 860. The van der Waals surface area contributed by atoms with Crippen LogP contribution in [0.5, 0.6) is 0 Å². The van der Waals surface area contributed by atoms with Gasteiger partial charge in [-0.2, -0.15) is 11.3 Å². The normalized spacial score (nSPS) is 15.5. The maximum Gasteiger partial charge on any atom is 0.259 e. The number of thiophene rings is 1. The maximum absolute atomic E-state index is 12.6. The van der Waals surface area contributed by atoms with Crippen LogP contribution >= 0.6 is 11.3 Å². The maximum atomic E-state index is 12.6. The number of piperidine rings is 1. The molecule has 0 atom stereocenters. The van der Waals surface area contributed by atoms with Crippen molar-refractivity contribution < 1.29 is 9.32 Å². The molecule has 1 aliphatic heterocycles. The molecule has 4 heterocycles. The summed E-state index contributed by atoms with van der Waals surface area (Å²) in [6.45, 7) is 4.23. The number of rotatable bonds is 5. The molecule has 136 valence electrons. The predicted molar refractivity (Wildman–Crippen MR) is 99.4 cm³/mol. The predicted octanol–water partition coefficient (Wildman–Crippen LogP) is 3.50. The van der Waals surface area contributed by atoms with Gasteiger partial charge in [0, 0.05) is 37.9 Å². The Labute approximate surface area is 156 Å². The molecule has 0 aliphatic carbocycles. The summed E-state index contributed by atoms with van der Waals surface area (Å²) in [5.74, 6) is 1.57. The molecular formula is C19H22N4O2S. The summed E-state index contributed by atoms with van der Waals surface area (Å²) >= 11 is 1.74. The van der Waals surface area contributed by atoms with Crippen LogP contribution in [-0.4, -0.2) is 38.6 Å². The monoisotopic (exact) mass is 370 g/mol. The van der Waals surface area contributed by atoms with Crippen LogP contribution in [0.25, 0.3) is 0 Å². The van der Waals surface area contributed by atoms with Gasteiger partial charge >= 0.3 is 0 Å². The molecule has 7 heteroatoms. The van der Waals surface area contributed by atoms with Crippen LogP contribution in [0, 0.1) is 6.92 Å². The van der Waals surface area contributed by atoms with Gasteiger partial charge in [0.2, 0.25) is 0 Å². The highest BCUT2D eigenvalue weighted by Gasteiger charge is 2.28. The highest BCUT2D eigenvalue weighted by atomic mass is 32.1. The zero-order valence-corrected chi connectivity index (χ0v) is 15.6. The van der Waals surface area contributed by atoms with Gasteiger partial charge in [0.15, 0.2) is 0 Å². The molecule has 3 aromatic heterocycles. The second kappa shape index (κ2) is 7.45. The molecule has 6 nitrogen and oxygen atoms in total. The molecule has 0 bridgehead atoms. The first-order valence-corrected chi connectivity index (χ1v) is 9.89. The highest BCUT2D eigenvalue weighted by Crippen LogP contribution is 2.28. The van der Waals surface area contributed by atoms with Crippen LogP contribution in [0.15, 0.2) is 40.0 Å². The first kappa shape index (κ1) is 17.0. The third kappa shape index (κ3) is 3.44. The molecule has 0 spiro atoms. The smallest absolute Gasteiger partial charge is 0.259 e. The fourth-order valence-corrected chi connectivity index (χ4v) is 4.27. The molecule has 26 heavy (non-hydrogen) atoms. The van der Waals surface area contributed by atoms with Crippen LogP contribution in [0.4, 0.5) is 0 Å². The molecule has 3 aromatic rings. The van der Waals surface area contributed by atoms with Gasteiger partial charge in [-0.05, 0) is 48.6 Å². The van der Waals surface area contributed by atoms with E-state index in [0.29, 0.717) is 17.2 Å². The topological polar surface area (TPSA) is 64.2 Å². The van der Waals surface area contributed by atoms with Gasteiger partial charge < -0.3 is 14.0 Å². The Balaban J connectivity index is 1.37. The average molecular weight is 370 g/mol. The molecule has 1 aliphatic rings. The van der Waals surface area contributed by atoms with Crippen LogP contribution in [0.1, 0.15) is 46.2 Å².